The summed E-state index contributed by atoms with van der Waals surface area (Å²) in [6.07, 6.45) is 5.32. The summed E-state index contributed by atoms with van der Waals surface area (Å²) in [6.45, 7) is 27.3. The number of rotatable bonds is 14. The Bertz CT molecular complexity index is 1200. The molecule has 42 heavy (non-hydrogen) atoms. The third-order valence-electron chi connectivity index (χ3n) is 10.3. The van der Waals surface area contributed by atoms with E-state index in [4.69, 9.17) is 9.47 Å². The van der Waals surface area contributed by atoms with Crippen LogP contribution in [-0.4, -0.2) is 17.5 Å². The summed E-state index contributed by atoms with van der Waals surface area (Å²) in [6, 6.07) is 8.83. The largest absolute Gasteiger partial charge is 0.459 e. The molecule has 0 spiro atoms. The number of ether oxygens (including phenoxy) is 2. The van der Waals surface area contributed by atoms with Gasteiger partial charge in [-0.25, -0.2) is 0 Å². The van der Waals surface area contributed by atoms with E-state index in [0.717, 1.165) is 42.4 Å². The van der Waals surface area contributed by atoms with Crippen molar-refractivity contribution in [3.8, 4) is 16.9 Å². The normalized spacial score (nSPS) is 14.3. The van der Waals surface area contributed by atoms with Gasteiger partial charge in [-0.2, -0.15) is 0 Å². The Hall–Kier alpha value is -2.62. The van der Waals surface area contributed by atoms with Gasteiger partial charge in [0.15, 0.2) is 0 Å². The zero-order valence-corrected chi connectivity index (χ0v) is 29.0. The van der Waals surface area contributed by atoms with Crippen molar-refractivity contribution in [2.45, 2.75) is 146 Å². The lowest BCUT2D eigenvalue weighted by Gasteiger charge is -2.33. The van der Waals surface area contributed by atoms with Crippen LogP contribution >= 0.6 is 0 Å². The van der Waals surface area contributed by atoms with Crippen molar-refractivity contribution in [1.82, 2.24) is 0 Å². The van der Waals surface area contributed by atoms with Crippen LogP contribution in [0, 0.1) is 39.0 Å². The third kappa shape index (κ3) is 7.66. The number of carbonyl (C=O) groups is 2. The van der Waals surface area contributed by atoms with Crippen LogP contribution in [0.15, 0.2) is 24.3 Å². The molecular weight excluding hydrogens is 520 g/mol. The van der Waals surface area contributed by atoms with E-state index in [2.05, 4.69) is 58.9 Å². The van der Waals surface area contributed by atoms with E-state index in [1.807, 2.05) is 55.4 Å². The lowest BCUT2D eigenvalue weighted by molar-refractivity contribution is -0.166. The number of carbonyl (C=O) groups excluding carboxylic acids is 2. The minimum absolute atomic E-state index is 0.168. The Morgan fingerprint density at radius 2 is 1.14 bits per heavy atom. The Morgan fingerprint density at radius 3 is 1.52 bits per heavy atom. The molecule has 0 fully saturated rings. The lowest BCUT2D eigenvalue weighted by Crippen LogP contribution is -2.38. The second-order valence-electron chi connectivity index (χ2n) is 13.4. The van der Waals surface area contributed by atoms with Crippen molar-refractivity contribution in [3.05, 3.63) is 52.1 Å². The fraction of sp³-hybridized carbons (Fsp3) is 0.632. The van der Waals surface area contributed by atoms with Crippen LogP contribution in [0.1, 0.15) is 135 Å². The smallest absolute Gasteiger partial charge is 0.317 e. The van der Waals surface area contributed by atoms with Crippen molar-refractivity contribution in [2.75, 3.05) is 0 Å². The van der Waals surface area contributed by atoms with Gasteiger partial charge in [-0.1, -0.05) is 60.6 Å². The molecule has 2 aromatic rings. The first-order valence-electron chi connectivity index (χ1n) is 16.3. The molecule has 2 rings (SSSR count). The van der Waals surface area contributed by atoms with Crippen molar-refractivity contribution in [3.63, 3.8) is 0 Å². The van der Waals surface area contributed by atoms with E-state index in [0.29, 0.717) is 25.0 Å². The molecule has 0 heterocycles. The molecule has 4 heteroatoms. The van der Waals surface area contributed by atoms with Crippen LogP contribution in [0.25, 0.3) is 11.1 Å². The zero-order chi connectivity index (χ0) is 32.0. The molecule has 0 amide bonds. The van der Waals surface area contributed by atoms with Crippen molar-refractivity contribution in [2.24, 2.45) is 11.3 Å². The molecule has 2 aromatic carbocycles. The highest BCUT2D eigenvalue weighted by Gasteiger charge is 2.40. The van der Waals surface area contributed by atoms with Crippen LogP contribution in [0.4, 0.5) is 0 Å². The molecule has 0 N–H and O–H groups in total. The summed E-state index contributed by atoms with van der Waals surface area (Å²) in [7, 11) is 0. The molecule has 4 nitrogen and oxygen atoms in total. The van der Waals surface area contributed by atoms with Crippen LogP contribution < -0.4 is 4.74 Å². The SMILES string of the molecule is CCC(CC(C)(CC)C(=O)Oc1c(C)cc(-c2cc(C)c(C(C)(CC)CC)c(C)c2)cc1C)C(=O)OC(C)(CC)CC. The van der Waals surface area contributed by atoms with E-state index >= 15 is 0 Å². The van der Waals surface area contributed by atoms with Gasteiger partial charge >= 0.3 is 11.9 Å². The van der Waals surface area contributed by atoms with Crippen LogP contribution in [-0.2, 0) is 19.7 Å². The summed E-state index contributed by atoms with van der Waals surface area (Å²) < 4.78 is 12.1. The maximum atomic E-state index is 13.7. The molecule has 234 valence electrons. The summed E-state index contributed by atoms with van der Waals surface area (Å²) >= 11 is 0. The van der Waals surface area contributed by atoms with E-state index in [1.165, 1.54) is 22.3 Å². The number of esters is 2. The predicted molar refractivity (Wildman–Crippen MR) is 176 cm³/mol. The van der Waals surface area contributed by atoms with Gasteiger partial charge in [0.05, 0.1) is 11.3 Å². The Morgan fingerprint density at radius 1 is 0.690 bits per heavy atom. The maximum Gasteiger partial charge on any atom is 0.317 e. The second kappa shape index (κ2) is 14.2. The Balaban J connectivity index is 2.36. The molecule has 2 atom stereocenters. The first kappa shape index (κ1) is 35.6. The Kier molecular flexibility index (Phi) is 12.1. The maximum absolute atomic E-state index is 13.7. The molecule has 0 aromatic heterocycles. The van der Waals surface area contributed by atoms with Crippen LogP contribution in [0.3, 0.4) is 0 Å². The van der Waals surface area contributed by atoms with Gasteiger partial charge in [0.1, 0.15) is 11.4 Å². The first-order chi connectivity index (χ1) is 19.6. The highest BCUT2D eigenvalue weighted by atomic mass is 16.6. The van der Waals surface area contributed by atoms with Gasteiger partial charge in [0, 0.05) is 0 Å². The first-order valence-corrected chi connectivity index (χ1v) is 16.3. The molecule has 0 radical (unpaired) electrons. The minimum atomic E-state index is -0.804. The van der Waals surface area contributed by atoms with Gasteiger partial charge in [-0.05, 0) is 143 Å². The van der Waals surface area contributed by atoms with Gasteiger partial charge < -0.3 is 9.47 Å². The fourth-order valence-electron chi connectivity index (χ4n) is 6.21. The highest BCUT2D eigenvalue weighted by molar-refractivity contribution is 5.82. The number of hydrogen-bond acceptors (Lipinski definition) is 4. The van der Waals surface area contributed by atoms with Crippen LogP contribution in [0.5, 0.6) is 5.75 Å². The topological polar surface area (TPSA) is 52.6 Å². The zero-order valence-electron chi connectivity index (χ0n) is 29.0. The summed E-state index contributed by atoms with van der Waals surface area (Å²) in [5, 5.41) is 0. The van der Waals surface area contributed by atoms with Crippen LogP contribution in [0.2, 0.25) is 0 Å². The molecule has 0 aliphatic heterocycles. The summed E-state index contributed by atoms with van der Waals surface area (Å²) in [4.78, 5) is 26.8. The monoisotopic (exact) mass is 578 g/mol. The van der Waals surface area contributed by atoms with Gasteiger partial charge in [-0.3, -0.25) is 9.59 Å². The second-order valence-corrected chi connectivity index (χ2v) is 13.4. The fourth-order valence-corrected chi connectivity index (χ4v) is 6.21. The van der Waals surface area contributed by atoms with Crippen molar-refractivity contribution < 1.29 is 19.1 Å². The quantitative estimate of drug-likeness (QED) is 0.165. The molecule has 0 saturated carbocycles. The molecule has 2 unspecified atom stereocenters. The van der Waals surface area contributed by atoms with Gasteiger partial charge in [-0.15, -0.1) is 0 Å². The minimum Gasteiger partial charge on any atom is -0.459 e. The van der Waals surface area contributed by atoms with E-state index in [-0.39, 0.29) is 23.3 Å². The van der Waals surface area contributed by atoms with Gasteiger partial charge in [0.2, 0.25) is 0 Å². The van der Waals surface area contributed by atoms with E-state index < -0.39 is 11.0 Å². The van der Waals surface area contributed by atoms with E-state index in [1.54, 1.807) is 0 Å². The Labute approximate surface area is 257 Å². The standard InChI is InChI=1S/C38H58O4/c1-14-29(34(39)42-38(13,18-5)19-6)24-37(12,17-4)35(40)41-33-27(9)22-31(23-28(33)10)30-20-25(7)32(26(8)21-30)36(11,15-2)16-3/h20-23,29H,14-19,24H2,1-13H3. The average Bonchev–Trinajstić information content (AvgIpc) is 2.96. The third-order valence-corrected chi connectivity index (χ3v) is 10.3. The summed E-state index contributed by atoms with van der Waals surface area (Å²) in [5.74, 6) is -0.263. The molecule has 0 bridgehead atoms. The molecule has 0 aliphatic carbocycles. The lowest BCUT2D eigenvalue weighted by atomic mass is 9.73. The summed E-state index contributed by atoms with van der Waals surface area (Å²) in [5.41, 5.74) is 7.14. The average molecular weight is 579 g/mol. The number of hydrogen-bond donors (Lipinski definition) is 0. The van der Waals surface area contributed by atoms with Crippen molar-refractivity contribution >= 4 is 11.9 Å². The number of benzene rings is 2. The number of aryl methyl sites for hydroxylation is 4. The highest BCUT2D eigenvalue weighted by Crippen LogP contribution is 2.40. The van der Waals surface area contributed by atoms with E-state index in [9.17, 15) is 9.59 Å². The molecular formula is C38H58O4. The van der Waals surface area contributed by atoms with Gasteiger partial charge in [0.25, 0.3) is 0 Å². The molecule has 0 aliphatic rings. The molecule has 0 saturated heterocycles. The predicted octanol–water partition coefficient (Wildman–Crippen LogP) is 10.5. The van der Waals surface area contributed by atoms with Crippen molar-refractivity contribution in [1.29, 1.82) is 0 Å².